The SMILES string of the molecule is C=CC[C@@]1(/C=C/C)SCCCS1=O. The molecule has 1 heterocycles. The molecular formula is C10H16OS2. The molecule has 0 aromatic heterocycles. The summed E-state index contributed by atoms with van der Waals surface area (Å²) in [5.41, 5.74) is 0. The van der Waals surface area contributed by atoms with Crippen LogP contribution < -0.4 is 0 Å². The van der Waals surface area contributed by atoms with Gasteiger partial charge in [0.25, 0.3) is 0 Å². The van der Waals surface area contributed by atoms with Crippen molar-refractivity contribution in [2.75, 3.05) is 11.5 Å². The van der Waals surface area contributed by atoms with Gasteiger partial charge in [-0.25, -0.2) is 0 Å². The standard InChI is InChI=1S/C10H16OS2/c1-3-6-10(7-4-2)12-8-5-9-13(10)11/h3-4,7H,1,5-6,8-9H2,2H3/b7-4+/t10-,13?/m1/s1. The maximum atomic E-state index is 11.9. The van der Waals surface area contributed by atoms with Gasteiger partial charge in [-0.3, -0.25) is 4.21 Å². The lowest BCUT2D eigenvalue weighted by Gasteiger charge is -2.32. The van der Waals surface area contributed by atoms with Crippen LogP contribution in [0.3, 0.4) is 0 Å². The topological polar surface area (TPSA) is 17.1 Å². The van der Waals surface area contributed by atoms with Gasteiger partial charge in [0.2, 0.25) is 0 Å². The predicted molar refractivity (Wildman–Crippen MR) is 62.4 cm³/mol. The van der Waals surface area contributed by atoms with E-state index in [9.17, 15) is 4.21 Å². The van der Waals surface area contributed by atoms with E-state index in [0.717, 1.165) is 24.3 Å². The molecule has 3 heteroatoms. The molecular weight excluding hydrogens is 200 g/mol. The number of allylic oxidation sites excluding steroid dienone is 2. The molecule has 0 aromatic rings. The van der Waals surface area contributed by atoms with Gasteiger partial charge in [0, 0.05) is 16.6 Å². The third kappa shape index (κ3) is 2.47. The zero-order valence-electron chi connectivity index (χ0n) is 7.99. The third-order valence-corrected chi connectivity index (χ3v) is 5.98. The van der Waals surface area contributed by atoms with Crippen LogP contribution in [0.4, 0.5) is 0 Å². The lowest BCUT2D eigenvalue weighted by atomic mass is 10.2. The second kappa shape index (κ2) is 5.01. The smallest absolute Gasteiger partial charge is 0.112 e. The third-order valence-electron chi connectivity index (χ3n) is 2.06. The Hall–Kier alpha value is -0.0200. The summed E-state index contributed by atoms with van der Waals surface area (Å²) in [5.74, 6) is 1.95. The van der Waals surface area contributed by atoms with E-state index in [0.29, 0.717) is 0 Å². The molecule has 1 aliphatic heterocycles. The molecule has 1 rings (SSSR count). The molecule has 0 bridgehead atoms. The van der Waals surface area contributed by atoms with Gasteiger partial charge >= 0.3 is 0 Å². The van der Waals surface area contributed by atoms with Crippen molar-refractivity contribution in [3.05, 3.63) is 24.8 Å². The van der Waals surface area contributed by atoms with E-state index < -0.39 is 10.8 Å². The van der Waals surface area contributed by atoms with Crippen LogP contribution in [0.15, 0.2) is 24.8 Å². The highest BCUT2D eigenvalue weighted by atomic mass is 32.2. The lowest BCUT2D eigenvalue weighted by Crippen LogP contribution is -2.33. The maximum absolute atomic E-state index is 11.9. The van der Waals surface area contributed by atoms with Crippen LogP contribution in [-0.2, 0) is 10.8 Å². The highest BCUT2D eigenvalue weighted by Crippen LogP contribution is 2.39. The van der Waals surface area contributed by atoms with Crippen LogP contribution in [0.5, 0.6) is 0 Å². The number of rotatable bonds is 3. The molecule has 74 valence electrons. The normalized spacial score (nSPS) is 35.0. The van der Waals surface area contributed by atoms with Crippen LogP contribution in [0, 0.1) is 0 Å². The van der Waals surface area contributed by atoms with Crippen molar-refractivity contribution in [1.82, 2.24) is 0 Å². The van der Waals surface area contributed by atoms with Gasteiger partial charge in [-0.1, -0.05) is 18.2 Å². The average Bonchev–Trinajstić information content (AvgIpc) is 2.11. The summed E-state index contributed by atoms with van der Waals surface area (Å²) < 4.78 is 11.7. The molecule has 2 atom stereocenters. The van der Waals surface area contributed by atoms with E-state index in [1.54, 1.807) is 0 Å². The molecule has 1 unspecified atom stereocenters. The van der Waals surface area contributed by atoms with Crippen LogP contribution in [0.2, 0.25) is 0 Å². The second-order valence-electron chi connectivity index (χ2n) is 3.06. The first-order valence-electron chi connectivity index (χ1n) is 4.52. The molecule has 0 saturated carbocycles. The van der Waals surface area contributed by atoms with Gasteiger partial charge in [-0.2, -0.15) is 0 Å². The summed E-state index contributed by atoms with van der Waals surface area (Å²) in [4.78, 5) is 0. The van der Waals surface area contributed by atoms with E-state index in [1.807, 2.05) is 30.8 Å². The molecule has 13 heavy (non-hydrogen) atoms. The molecule has 0 amide bonds. The predicted octanol–water partition coefficient (Wildman–Crippen LogP) is 2.72. The molecule has 1 nitrogen and oxygen atoms in total. The Balaban J connectivity index is 2.85. The minimum absolute atomic E-state index is 0.172. The van der Waals surface area contributed by atoms with Crippen LogP contribution in [-0.4, -0.2) is 19.8 Å². The summed E-state index contributed by atoms with van der Waals surface area (Å²) in [5, 5.41) is 0. The fourth-order valence-electron chi connectivity index (χ4n) is 1.47. The fraction of sp³-hybridized carbons (Fsp3) is 0.600. The molecule has 1 aliphatic rings. The molecule has 0 spiro atoms. The largest absolute Gasteiger partial charge is 0.258 e. The molecule has 0 aromatic carbocycles. The first-order chi connectivity index (χ1) is 6.25. The Labute approximate surface area is 87.1 Å². The maximum Gasteiger partial charge on any atom is 0.112 e. The van der Waals surface area contributed by atoms with Gasteiger partial charge in [-0.05, 0) is 25.5 Å². The quantitative estimate of drug-likeness (QED) is 0.675. The molecule has 0 radical (unpaired) electrons. The van der Waals surface area contributed by atoms with Crippen molar-refractivity contribution in [2.24, 2.45) is 0 Å². The fourth-order valence-corrected chi connectivity index (χ4v) is 5.13. The van der Waals surface area contributed by atoms with Crippen LogP contribution >= 0.6 is 11.8 Å². The highest BCUT2D eigenvalue weighted by molar-refractivity contribution is 8.13. The first-order valence-corrected chi connectivity index (χ1v) is 6.83. The summed E-state index contributed by atoms with van der Waals surface area (Å²) in [6.45, 7) is 5.72. The zero-order chi connectivity index (χ0) is 9.73. The average molecular weight is 216 g/mol. The Morgan fingerprint density at radius 2 is 2.46 bits per heavy atom. The van der Waals surface area contributed by atoms with Gasteiger partial charge in [0.15, 0.2) is 0 Å². The van der Waals surface area contributed by atoms with E-state index >= 15 is 0 Å². The Morgan fingerprint density at radius 1 is 1.69 bits per heavy atom. The van der Waals surface area contributed by atoms with Crippen LogP contribution in [0.1, 0.15) is 19.8 Å². The van der Waals surface area contributed by atoms with E-state index in [4.69, 9.17) is 0 Å². The van der Waals surface area contributed by atoms with Crippen LogP contribution in [0.25, 0.3) is 0 Å². The molecule has 0 N–H and O–H groups in total. The summed E-state index contributed by atoms with van der Waals surface area (Å²) in [7, 11) is -0.731. The van der Waals surface area contributed by atoms with Gasteiger partial charge in [0.05, 0.1) is 0 Å². The van der Waals surface area contributed by atoms with Gasteiger partial charge < -0.3 is 0 Å². The number of thioether (sulfide) groups is 1. The van der Waals surface area contributed by atoms with Crippen molar-refractivity contribution >= 4 is 22.6 Å². The van der Waals surface area contributed by atoms with Crippen molar-refractivity contribution in [2.45, 2.75) is 23.8 Å². The van der Waals surface area contributed by atoms with Crippen molar-refractivity contribution in [3.63, 3.8) is 0 Å². The Morgan fingerprint density at radius 3 is 3.00 bits per heavy atom. The molecule has 0 aliphatic carbocycles. The number of hydrogen-bond acceptors (Lipinski definition) is 2. The van der Waals surface area contributed by atoms with E-state index in [1.165, 1.54) is 0 Å². The zero-order valence-corrected chi connectivity index (χ0v) is 9.63. The summed E-state index contributed by atoms with van der Waals surface area (Å²) in [6, 6.07) is 0. The highest BCUT2D eigenvalue weighted by Gasteiger charge is 2.35. The van der Waals surface area contributed by atoms with Crippen molar-refractivity contribution in [1.29, 1.82) is 0 Å². The monoisotopic (exact) mass is 216 g/mol. The Kier molecular flexibility index (Phi) is 4.26. The summed E-state index contributed by atoms with van der Waals surface area (Å²) in [6.07, 6.45) is 7.84. The lowest BCUT2D eigenvalue weighted by molar-refractivity contribution is 0.670. The summed E-state index contributed by atoms with van der Waals surface area (Å²) >= 11 is 1.81. The second-order valence-corrected chi connectivity index (χ2v) is 6.57. The molecule has 1 fully saturated rings. The van der Waals surface area contributed by atoms with Crippen molar-refractivity contribution < 1.29 is 4.21 Å². The van der Waals surface area contributed by atoms with Gasteiger partial charge in [-0.15, -0.1) is 18.3 Å². The molecule has 1 saturated heterocycles. The minimum Gasteiger partial charge on any atom is -0.258 e. The Bertz CT molecular complexity index is 235. The first kappa shape index (κ1) is 11.1. The van der Waals surface area contributed by atoms with E-state index in [-0.39, 0.29) is 4.08 Å². The van der Waals surface area contributed by atoms with Crippen molar-refractivity contribution in [3.8, 4) is 0 Å². The minimum atomic E-state index is -0.731. The number of hydrogen-bond donors (Lipinski definition) is 0. The van der Waals surface area contributed by atoms with E-state index in [2.05, 4.69) is 12.7 Å². The van der Waals surface area contributed by atoms with Gasteiger partial charge in [0.1, 0.15) is 4.08 Å².